The molecule has 1 aromatic heterocycles. The fourth-order valence-electron chi connectivity index (χ4n) is 2.91. The van der Waals surface area contributed by atoms with Crippen molar-refractivity contribution in [3.05, 3.63) is 47.3 Å². The van der Waals surface area contributed by atoms with E-state index in [2.05, 4.69) is 11.0 Å². The van der Waals surface area contributed by atoms with E-state index in [-0.39, 0.29) is 6.10 Å². The number of nitrogens with zero attached hydrogens (tertiary/aromatic N) is 2. The summed E-state index contributed by atoms with van der Waals surface area (Å²) < 4.78 is 33.1. The molecule has 1 aliphatic rings. The van der Waals surface area contributed by atoms with Gasteiger partial charge >= 0.3 is 0 Å². The van der Waals surface area contributed by atoms with Gasteiger partial charge in [-0.25, -0.2) is 8.42 Å². The van der Waals surface area contributed by atoms with E-state index < -0.39 is 10.0 Å². The zero-order valence-electron chi connectivity index (χ0n) is 14.6. The molecule has 3 rings (SSSR count). The minimum absolute atomic E-state index is 0.133. The van der Waals surface area contributed by atoms with Crippen LogP contribution in [0, 0.1) is 0 Å². The monoisotopic (exact) mass is 380 g/mol. The van der Waals surface area contributed by atoms with Crippen molar-refractivity contribution < 1.29 is 13.2 Å². The molecular formula is C18H24N2O3S2. The Morgan fingerprint density at radius 3 is 2.44 bits per heavy atom. The quantitative estimate of drug-likeness (QED) is 0.773. The topological polar surface area (TPSA) is 49.9 Å². The van der Waals surface area contributed by atoms with Gasteiger partial charge in [-0.05, 0) is 31.4 Å². The average molecular weight is 381 g/mol. The lowest BCUT2D eigenvalue weighted by atomic mass is 10.1. The first-order chi connectivity index (χ1) is 12.0. The maximum Gasteiger partial charge on any atom is 0.252 e. The fourth-order valence-corrected chi connectivity index (χ4v) is 5.48. The first-order valence-electron chi connectivity index (χ1n) is 8.47. The molecule has 0 spiro atoms. The second-order valence-corrected chi connectivity index (χ2v) is 9.50. The third-order valence-electron chi connectivity index (χ3n) is 4.15. The first kappa shape index (κ1) is 18.4. The average Bonchev–Trinajstić information content (AvgIpc) is 3.12. The van der Waals surface area contributed by atoms with E-state index in [0.717, 1.165) is 30.9 Å². The molecule has 0 saturated carbocycles. The molecule has 0 N–H and O–H groups in total. The first-order valence-corrected chi connectivity index (χ1v) is 10.8. The van der Waals surface area contributed by atoms with Crippen LogP contribution < -0.4 is 4.74 Å². The lowest BCUT2D eigenvalue weighted by molar-refractivity contribution is 0.176. The van der Waals surface area contributed by atoms with Gasteiger partial charge in [0.15, 0.2) is 0 Å². The van der Waals surface area contributed by atoms with Crippen LogP contribution >= 0.6 is 11.3 Å². The zero-order chi connectivity index (χ0) is 17.9. The molecule has 0 aliphatic carbocycles. The second-order valence-electron chi connectivity index (χ2n) is 6.39. The maximum atomic E-state index is 12.6. The molecular weight excluding hydrogens is 356 g/mol. The lowest BCUT2D eigenvalue weighted by Gasteiger charge is -2.34. The Kier molecular flexibility index (Phi) is 5.78. The van der Waals surface area contributed by atoms with Crippen LogP contribution in [0.1, 0.15) is 19.4 Å². The summed E-state index contributed by atoms with van der Waals surface area (Å²) in [5, 5.41) is 1.80. The number of sulfonamides is 1. The Morgan fingerprint density at radius 2 is 1.80 bits per heavy atom. The number of piperazine rings is 1. The number of para-hydroxylation sites is 1. The molecule has 1 saturated heterocycles. The summed E-state index contributed by atoms with van der Waals surface area (Å²) in [6.45, 7) is 7.30. The molecule has 136 valence electrons. The summed E-state index contributed by atoms with van der Waals surface area (Å²) in [6, 6.07) is 11.5. The SMILES string of the molecule is CC(C)Oc1ccccc1CN1CCN(S(=O)(=O)c2cccs2)CC1. The zero-order valence-corrected chi connectivity index (χ0v) is 16.2. The Morgan fingerprint density at radius 1 is 1.08 bits per heavy atom. The van der Waals surface area contributed by atoms with Crippen LogP contribution in [0.3, 0.4) is 0 Å². The Labute approximate surface area is 153 Å². The molecule has 25 heavy (non-hydrogen) atoms. The van der Waals surface area contributed by atoms with Gasteiger partial charge in [-0.3, -0.25) is 4.90 Å². The maximum absolute atomic E-state index is 12.6. The van der Waals surface area contributed by atoms with Crippen LogP contribution in [0.15, 0.2) is 46.0 Å². The van der Waals surface area contributed by atoms with Crippen molar-refractivity contribution in [3.63, 3.8) is 0 Å². The summed E-state index contributed by atoms with van der Waals surface area (Å²) in [7, 11) is -3.34. The largest absolute Gasteiger partial charge is 0.491 e. The van der Waals surface area contributed by atoms with Gasteiger partial charge in [-0.1, -0.05) is 24.3 Å². The molecule has 0 atom stereocenters. The summed E-state index contributed by atoms with van der Waals surface area (Å²) in [4.78, 5) is 2.28. The molecule has 1 aromatic carbocycles. The molecule has 0 unspecified atom stereocenters. The van der Waals surface area contributed by atoms with Crippen molar-refractivity contribution >= 4 is 21.4 Å². The van der Waals surface area contributed by atoms with Crippen molar-refractivity contribution in [1.82, 2.24) is 9.21 Å². The van der Waals surface area contributed by atoms with Gasteiger partial charge in [0, 0.05) is 38.3 Å². The predicted molar refractivity (Wildman–Crippen MR) is 101 cm³/mol. The highest BCUT2D eigenvalue weighted by Crippen LogP contribution is 2.24. The minimum atomic E-state index is -3.34. The molecule has 0 bridgehead atoms. The van der Waals surface area contributed by atoms with E-state index in [1.54, 1.807) is 21.8 Å². The van der Waals surface area contributed by atoms with Crippen molar-refractivity contribution in [2.24, 2.45) is 0 Å². The predicted octanol–water partition coefficient (Wildman–Crippen LogP) is 3.04. The molecule has 0 radical (unpaired) electrons. The summed E-state index contributed by atoms with van der Waals surface area (Å²) >= 11 is 1.27. The second kappa shape index (κ2) is 7.86. The third-order valence-corrected chi connectivity index (χ3v) is 7.42. The van der Waals surface area contributed by atoms with E-state index >= 15 is 0 Å². The van der Waals surface area contributed by atoms with Gasteiger partial charge in [-0.15, -0.1) is 11.3 Å². The number of rotatable bonds is 6. The molecule has 2 heterocycles. The van der Waals surface area contributed by atoms with Crippen LogP contribution in [-0.2, 0) is 16.6 Å². The van der Waals surface area contributed by atoms with Crippen LogP contribution in [0.25, 0.3) is 0 Å². The molecule has 0 amide bonds. The number of ether oxygens (including phenoxy) is 1. The molecule has 1 fully saturated rings. The van der Waals surface area contributed by atoms with Crippen molar-refractivity contribution in [1.29, 1.82) is 0 Å². The van der Waals surface area contributed by atoms with Gasteiger partial charge in [0.05, 0.1) is 6.10 Å². The summed E-state index contributed by atoms with van der Waals surface area (Å²) in [5.41, 5.74) is 1.14. The molecule has 1 aliphatic heterocycles. The Balaban J connectivity index is 1.62. The number of hydrogen-bond acceptors (Lipinski definition) is 5. The van der Waals surface area contributed by atoms with Gasteiger partial charge in [-0.2, -0.15) is 4.31 Å². The van der Waals surface area contributed by atoms with E-state index in [4.69, 9.17) is 4.74 Å². The third kappa shape index (κ3) is 4.41. The highest BCUT2D eigenvalue weighted by Gasteiger charge is 2.29. The Hall–Kier alpha value is -1.41. The lowest BCUT2D eigenvalue weighted by Crippen LogP contribution is -2.48. The minimum Gasteiger partial charge on any atom is -0.491 e. The number of thiophene rings is 1. The number of benzene rings is 1. The smallest absolute Gasteiger partial charge is 0.252 e. The van der Waals surface area contributed by atoms with E-state index in [1.807, 2.05) is 32.0 Å². The van der Waals surface area contributed by atoms with E-state index in [0.29, 0.717) is 17.3 Å². The van der Waals surface area contributed by atoms with Crippen molar-refractivity contribution in [2.75, 3.05) is 26.2 Å². The van der Waals surface area contributed by atoms with Crippen LogP contribution in [-0.4, -0.2) is 49.9 Å². The summed E-state index contributed by atoms with van der Waals surface area (Å²) in [6.07, 6.45) is 0.133. The van der Waals surface area contributed by atoms with E-state index in [1.165, 1.54) is 11.3 Å². The normalized spacial score (nSPS) is 17.1. The highest BCUT2D eigenvalue weighted by atomic mass is 32.2. The van der Waals surface area contributed by atoms with Gasteiger partial charge in [0.25, 0.3) is 10.0 Å². The van der Waals surface area contributed by atoms with Crippen molar-refractivity contribution in [3.8, 4) is 5.75 Å². The van der Waals surface area contributed by atoms with Gasteiger partial charge in [0.2, 0.25) is 0 Å². The highest BCUT2D eigenvalue weighted by molar-refractivity contribution is 7.91. The molecule has 2 aromatic rings. The molecule has 5 nitrogen and oxygen atoms in total. The van der Waals surface area contributed by atoms with Gasteiger partial charge in [0.1, 0.15) is 9.96 Å². The van der Waals surface area contributed by atoms with Crippen LogP contribution in [0.4, 0.5) is 0 Å². The summed E-state index contributed by atoms with van der Waals surface area (Å²) in [5.74, 6) is 0.908. The van der Waals surface area contributed by atoms with E-state index in [9.17, 15) is 8.42 Å². The number of hydrogen-bond donors (Lipinski definition) is 0. The van der Waals surface area contributed by atoms with Gasteiger partial charge < -0.3 is 4.74 Å². The molecule has 7 heteroatoms. The van der Waals surface area contributed by atoms with Crippen LogP contribution in [0.2, 0.25) is 0 Å². The standard InChI is InChI=1S/C18H24N2O3S2/c1-15(2)23-17-7-4-3-6-16(17)14-19-9-11-20(12-10-19)25(21,22)18-8-5-13-24-18/h3-8,13,15H,9-12,14H2,1-2H3. The Bertz CT molecular complexity index is 780. The van der Waals surface area contributed by atoms with Crippen molar-refractivity contribution in [2.45, 2.75) is 30.7 Å². The fraction of sp³-hybridized carbons (Fsp3) is 0.444. The van der Waals surface area contributed by atoms with Crippen LogP contribution in [0.5, 0.6) is 5.75 Å².